The Kier molecular flexibility index (Phi) is 10.3. The predicted octanol–water partition coefficient (Wildman–Crippen LogP) is 1.61. The first-order chi connectivity index (χ1) is 18.4. The lowest BCUT2D eigenvalue weighted by Crippen LogP contribution is -3.13. The van der Waals surface area contributed by atoms with Crippen LogP contribution in [0.3, 0.4) is 0 Å². The van der Waals surface area contributed by atoms with Crippen molar-refractivity contribution in [1.29, 1.82) is 0 Å². The Morgan fingerprint density at radius 3 is 2.26 bits per heavy atom. The summed E-state index contributed by atoms with van der Waals surface area (Å²) in [5, 5.41) is 17.0. The third-order valence-corrected chi connectivity index (χ3v) is 6.10. The summed E-state index contributed by atoms with van der Waals surface area (Å²) in [6, 6.07) is 11.5. The lowest BCUT2D eigenvalue weighted by Gasteiger charge is -2.24. The molecule has 10 nitrogen and oxygen atoms in total. The molecule has 2 heterocycles. The molecule has 2 aromatic carbocycles. The molecule has 38 heavy (non-hydrogen) atoms. The number of nitrogens with one attached hydrogen (secondary N) is 1. The van der Waals surface area contributed by atoms with Crippen molar-refractivity contribution in [3.8, 4) is 17.2 Å². The van der Waals surface area contributed by atoms with Gasteiger partial charge in [0.15, 0.2) is 23.1 Å². The van der Waals surface area contributed by atoms with Gasteiger partial charge in [0.25, 0.3) is 0 Å². The second-order valence-corrected chi connectivity index (χ2v) is 8.54. The summed E-state index contributed by atoms with van der Waals surface area (Å²) >= 11 is 0. The van der Waals surface area contributed by atoms with E-state index in [0.717, 1.165) is 25.2 Å². The van der Waals surface area contributed by atoms with E-state index in [2.05, 4.69) is 0 Å². The van der Waals surface area contributed by atoms with Crippen LogP contribution in [0, 0.1) is 0 Å². The number of piperidine rings is 1. The zero-order valence-corrected chi connectivity index (χ0v) is 21.4. The minimum atomic E-state index is -2.07. The molecular weight excluding hydrogens is 494 g/mol. The van der Waals surface area contributed by atoms with E-state index in [1.165, 1.54) is 24.2 Å². The average Bonchev–Trinajstić information content (AvgIpc) is 3.42. The summed E-state index contributed by atoms with van der Waals surface area (Å²) in [5.74, 6) is -3.02. The lowest BCUT2D eigenvalue weighted by atomic mass is 10.0. The number of methoxy groups -OCH3 is 2. The number of furan rings is 1. The number of ether oxygens (including phenoxy) is 3. The molecule has 10 heteroatoms. The fraction of sp³-hybridized carbons (Fsp3) is 0.321. The average molecular weight is 526 g/mol. The van der Waals surface area contributed by atoms with Crippen molar-refractivity contribution in [1.82, 2.24) is 0 Å². The highest BCUT2D eigenvalue weighted by molar-refractivity contribution is 6.26. The Bertz CT molecular complexity index is 1260. The summed E-state index contributed by atoms with van der Waals surface area (Å²) in [6.07, 6.45) is 8.69. The molecule has 0 amide bonds. The number of rotatable bonds is 9. The molecule has 0 radical (unpaired) electrons. The molecule has 4 rings (SSSR count). The summed E-state index contributed by atoms with van der Waals surface area (Å²) in [7, 11) is 3.11. The Morgan fingerprint density at radius 2 is 1.66 bits per heavy atom. The van der Waals surface area contributed by atoms with Crippen LogP contribution in [0.15, 0.2) is 53.2 Å². The smallest absolute Gasteiger partial charge is 0.351 e. The van der Waals surface area contributed by atoms with E-state index >= 15 is 0 Å². The number of likely N-dealkylation sites (tertiary alicyclic amines) is 1. The number of allylic oxidation sites excluding steroid dienone is 1. The van der Waals surface area contributed by atoms with Gasteiger partial charge < -0.3 is 38.5 Å². The van der Waals surface area contributed by atoms with E-state index in [-0.39, 0.29) is 5.78 Å². The topological polar surface area (TPSA) is 140 Å². The van der Waals surface area contributed by atoms with E-state index in [0.29, 0.717) is 40.4 Å². The molecule has 202 valence electrons. The number of benzene rings is 2. The highest BCUT2D eigenvalue weighted by Crippen LogP contribution is 2.46. The predicted molar refractivity (Wildman–Crippen MR) is 137 cm³/mol. The number of carbonyl (C=O) groups excluding carboxylic acids is 2. The monoisotopic (exact) mass is 525 g/mol. The maximum absolute atomic E-state index is 13.4. The fourth-order valence-electron chi connectivity index (χ4n) is 4.30. The van der Waals surface area contributed by atoms with Crippen LogP contribution < -0.4 is 24.2 Å². The SMILES string of the molecule is COc1c(C(=O)/C=C/c2ccccc2)c(OCC[NH+]2CCCCC2)c(OC)c2occc12.O=C([O-])C(=O)O. The molecule has 0 aliphatic carbocycles. The number of hydrogen-bond acceptors (Lipinski definition) is 8. The van der Waals surface area contributed by atoms with Crippen LogP contribution in [-0.2, 0) is 9.59 Å². The first-order valence-corrected chi connectivity index (χ1v) is 12.2. The Labute approximate surface area is 220 Å². The number of carboxylic acids is 2. The number of carboxylic acid groups (broad SMARTS) is 2. The molecular formula is C28H31NO9. The lowest BCUT2D eigenvalue weighted by molar-refractivity contribution is -0.904. The van der Waals surface area contributed by atoms with Gasteiger partial charge in [0.2, 0.25) is 5.75 Å². The number of ketones is 1. The number of aliphatic carboxylic acids is 2. The maximum Gasteiger partial charge on any atom is 0.351 e. The number of hydrogen-bond donors (Lipinski definition) is 2. The third kappa shape index (κ3) is 7.13. The normalized spacial score (nSPS) is 13.5. The molecule has 0 bridgehead atoms. The number of carbonyl (C=O) groups is 3. The van der Waals surface area contributed by atoms with Crippen LogP contribution in [0.5, 0.6) is 17.2 Å². The van der Waals surface area contributed by atoms with Crippen LogP contribution >= 0.6 is 0 Å². The molecule has 0 atom stereocenters. The Morgan fingerprint density at radius 1 is 1.00 bits per heavy atom. The fourth-order valence-corrected chi connectivity index (χ4v) is 4.30. The van der Waals surface area contributed by atoms with Crippen molar-refractivity contribution in [2.75, 3.05) is 40.5 Å². The molecule has 0 saturated carbocycles. The van der Waals surface area contributed by atoms with E-state index in [4.69, 9.17) is 38.4 Å². The molecule has 0 unspecified atom stereocenters. The summed E-state index contributed by atoms with van der Waals surface area (Å²) in [5.41, 5.74) is 1.79. The molecule has 1 aliphatic heterocycles. The van der Waals surface area contributed by atoms with Gasteiger partial charge in [0, 0.05) is 0 Å². The molecule has 2 N–H and O–H groups in total. The molecule has 1 fully saturated rings. The van der Waals surface area contributed by atoms with Gasteiger partial charge in [-0.15, -0.1) is 0 Å². The van der Waals surface area contributed by atoms with Crippen LogP contribution in [0.2, 0.25) is 0 Å². The van der Waals surface area contributed by atoms with E-state index < -0.39 is 11.9 Å². The van der Waals surface area contributed by atoms with Gasteiger partial charge in [-0.3, -0.25) is 4.79 Å². The Balaban J connectivity index is 0.000000599. The van der Waals surface area contributed by atoms with Crippen molar-refractivity contribution in [2.24, 2.45) is 0 Å². The second-order valence-electron chi connectivity index (χ2n) is 8.54. The zero-order chi connectivity index (χ0) is 27.5. The standard InChI is InChI=1S/C26H29NO5.C2H2O4/c1-29-23-20-13-17-31-24(20)26(30-2)25(32-18-16-27-14-7-4-8-15-27)22(23)21(28)12-11-19-9-5-3-6-10-19;3-1(4)2(5)6/h3,5-6,9-13,17H,4,7-8,14-16,18H2,1-2H3;(H,3,4)(H,5,6)/b12-11+;. The number of fused-ring (bicyclic) bond motifs is 1. The molecule has 3 aromatic rings. The summed E-state index contributed by atoms with van der Waals surface area (Å²) < 4.78 is 23.2. The van der Waals surface area contributed by atoms with Crippen LogP contribution in [-0.4, -0.2) is 63.3 Å². The van der Waals surface area contributed by atoms with E-state index in [1.807, 2.05) is 30.3 Å². The van der Waals surface area contributed by atoms with Gasteiger partial charge >= 0.3 is 5.97 Å². The van der Waals surface area contributed by atoms with Gasteiger partial charge in [-0.25, -0.2) is 4.79 Å². The highest BCUT2D eigenvalue weighted by Gasteiger charge is 2.28. The van der Waals surface area contributed by atoms with Crippen LogP contribution in [0.4, 0.5) is 0 Å². The molecule has 1 aliphatic rings. The summed E-state index contributed by atoms with van der Waals surface area (Å²) in [6.45, 7) is 3.66. The van der Waals surface area contributed by atoms with Gasteiger partial charge in [-0.1, -0.05) is 36.4 Å². The molecule has 1 aromatic heterocycles. The highest BCUT2D eigenvalue weighted by atomic mass is 16.5. The first-order valence-electron chi connectivity index (χ1n) is 12.2. The number of quaternary nitrogens is 1. The minimum Gasteiger partial charge on any atom is -0.539 e. The maximum atomic E-state index is 13.4. The van der Waals surface area contributed by atoms with Gasteiger partial charge in [-0.2, -0.15) is 0 Å². The van der Waals surface area contributed by atoms with Crippen molar-refractivity contribution >= 4 is 34.8 Å². The van der Waals surface area contributed by atoms with Crippen molar-refractivity contribution < 1.29 is 48.1 Å². The largest absolute Gasteiger partial charge is 0.539 e. The van der Waals surface area contributed by atoms with Crippen molar-refractivity contribution in [3.63, 3.8) is 0 Å². The van der Waals surface area contributed by atoms with Gasteiger partial charge in [0.1, 0.15) is 24.5 Å². The minimum absolute atomic E-state index is 0.215. The second kappa shape index (κ2) is 13.8. The van der Waals surface area contributed by atoms with Crippen molar-refractivity contribution in [3.05, 3.63) is 59.9 Å². The third-order valence-electron chi connectivity index (χ3n) is 6.10. The van der Waals surface area contributed by atoms with Crippen LogP contribution in [0.25, 0.3) is 17.0 Å². The zero-order valence-electron chi connectivity index (χ0n) is 21.4. The summed E-state index contributed by atoms with van der Waals surface area (Å²) in [4.78, 5) is 32.9. The van der Waals surface area contributed by atoms with E-state index in [9.17, 15) is 4.79 Å². The Hall–Kier alpha value is -4.31. The van der Waals surface area contributed by atoms with Crippen LogP contribution in [0.1, 0.15) is 35.2 Å². The van der Waals surface area contributed by atoms with E-state index in [1.54, 1.807) is 38.7 Å². The van der Waals surface area contributed by atoms with Gasteiger partial charge in [0.05, 0.1) is 39.0 Å². The quantitative estimate of drug-likeness (QED) is 0.242. The van der Waals surface area contributed by atoms with Gasteiger partial charge in [-0.05, 0) is 37.0 Å². The molecule has 0 spiro atoms. The molecule has 1 saturated heterocycles. The first kappa shape index (κ1) is 28.3. The van der Waals surface area contributed by atoms with Crippen molar-refractivity contribution in [2.45, 2.75) is 19.3 Å².